The summed E-state index contributed by atoms with van der Waals surface area (Å²) in [5.74, 6) is 0.769. The second kappa shape index (κ2) is 9.68. The van der Waals surface area contributed by atoms with Crippen LogP contribution in [0.15, 0.2) is 57.1 Å². The van der Waals surface area contributed by atoms with Gasteiger partial charge in [0, 0.05) is 46.4 Å². The van der Waals surface area contributed by atoms with Crippen molar-refractivity contribution in [1.29, 1.82) is 0 Å². The van der Waals surface area contributed by atoms with Gasteiger partial charge in [0.25, 0.3) is 0 Å². The molecule has 4 heterocycles. The Hall–Kier alpha value is -2.30. The zero-order valence-electron chi connectivity index (χ0n) is 17.5. The SMILES string of the molecule is CC(=O)Nc1ccc(Sc2nc(CN3CCOCC3)nc3scc(-c4cccs4)c23)cc1. The maximum Gasteiger partial charge on any atom is 0.221 e. The number of anilines is 1. The Labute approximate surface area is 198 Å². The fourth-order valence-corrected chi connectivity index (χ4v) is 6.39. The molecule has 32 heavy (non-hydrogen) atoms. The van der Waals surface area contributed by atoms with Crippen LogP contribution in [0, 0.1) is 0 Å². The lowest BCUT2D eigenvalue weighted by molar-refractivity contribution is -0.114. The summed E-state index contributed by atoms with van der Waals surface area (Å²) in [6.45, 7) is 5.55. The molecule has 3 aromatic heterocycles. The molecular formula is C23H22N4O2S3. The summed E-state index contributed by atoms with van der Waals surface area (Å²) < 4.78 is 5.48. The molecular weight excluding hydrogens is 460 g/mol. The van der Waals surface area contributed by atoms with Crippen LogP contribution in [-0.2, 0) is 16.1 Å². The minimum atomic E-state index is -0.0745. The predicted molar refractivity (Wildman–Crippen MR) is 132 cm³/mol. The lowest BCUT2D eigenvalue weighted by atomic mass is 10.2. The average molecular weight is 483 g/mol. The molecule has 4 aromatic rings. The van der Waals surface area contributed by atoms with Crippen LogP contribution in [0.5, 0.6) is 0 Å². The standard InChI is InChI=1S/C23H22N4O2S3/c1-15(28)24-16-4-6-17(7-5-16)32-23-21-18(19-3-2-12-30-19)14-31-22(21)25-20(26-23)13-27-8-10-29-11-9-27/h2-7,12,14H,8-11,13H2,1H3,(H,24,28). The maximum absolute atomic E-state index is 11.3. The van der Waals surface area contributed by atoms with Gasteiger partial charge in [-0.15, -0.1) is 22.7 Å². The lowest BCUT2D eigenvalue weighted by Crippen LogP contribution is -2.36. The number of thiophene rings is 2. The van der Waals surface area contributed by atoms with Crippen molar-refractivity contribution in [2.24, 2.45) is 0 Å². The van der Waals surface area contributed by atoms with Crippen LogP contribution in [0.3, 0.4) is 0 Å². The van der Waals surface area contributed by atoms with Crippen LogP contribution in [0.2, 0.25) is 0 Å². The van der Waals surface area contributed by atoms with Gasteiger partial charge in [-0.2, -0.15) is 0 Å². The van der Waals surface area contributed by atoms with Gasteiger partial charge in [0.1, 0.15) is 15.7 Å². The minimum absolute atomic E-state index is 0.0745. The van der Waals surface area contributed by atoms with Crippen molar-refractivity contribution in [2.45, 2.75) is 23.4 Å². The third-order valence-corrected chi connectivity index (χ3v) is 7.86. The zero-order chi connectivity index (χ0) is 21.9. The fourth-order valence-electron chi connectivity index (χ4n) is 3.59. The van der Waals surface area contributed by atoms with Crippen molar-refractivity contribution < 1.29 is 9.53 Å². The van der Waals surface area contributed by atoms with E-state index in [1.54, 1.807) is 34.4 Å². The van der Waals surface area contributed by atoms with Gasteiger partial charge in [0.15, 0.2) is 0 Å². The normalized spacial score (nSPS) is 14.7. The molecule has 1 aliphatic heterocycles. The molecule has 164 valence electrons. The number of ether oxygens (including phenoxy) is 1. The number of aromatic nitrogens is 2. The van der Waals surface area contributed by atoms with Gasteiger partial charge in [-0.05, 0) is 35.7 Å². The maximum atomic E-state index is 11.3. The molecule has 5 rings (SSSR count). The highest BCUT2D eigenvalue weighted by atomic mass is 32.2. The van der Waals surface area contributed by atoms with E-state index in [2.05, 4.69) is 33.1 Å². The van der Waals surface area contributed by atoms with E-state index in [1.165, 1.54) is 17.4 Å². The first-order valence-electron chi connectivity index (χ1n) is 10.3. The molecule has 0 aliphatic carbocycles. The van der Waals surface area contributed by atoms with Gasteiger partial charge in [0.05, 0.1) is 25.1 Å². The molecule has 1 aliphatic rings. The van der Waals surface area contributed by atoms with Crippen LogP contribution in [0.1, 0.15) is 12.7 Å². The average Bonchev–Trinajstić information content (AvgIpc) is 3.45. The number of carbonyl (C=O) groups is 1. The molecule has 0 saturated carbocycles. The van der Waals surface area contributed by atoms with Crippen molar-refractivity contribution in [3.8, 4) is 10.4 Å². The van der Waals surface area contributed by atoms with Gasteiger partial charge in [-0.3, -0.25) is 9.69 Å². The first-order chi connectivity index (χ1) is 15.7. The second-order valence-corrected chi connectivity index (χ2v) is 10.3. The van der Waals surface area contributed by atoms with Crippen LogP contribution >= 0.6 is 34.4 Å². The Morgan fingerprint density at radius 1 is 1.16 bits per heavy atom. The van der Waals surface area contributed by atoms with Gasteiger partial charge >= 0.3 is 0 Å². The van der Waals surface area contributed by atoms with E-state index in [0.29, 0.717) is 0 Å². The number of benzene rings is 1. The number of morpholine rings is 1. The summed E-state index contributed by atoms with van der Waals surface area (Å²) in [6, 6.07) is 12.1. The van der Waals surface area contributed by atoms with Crippen molar-refractivity contribution in [2.75, 3.05) is 31.6 Å². The molecule has 1 aromatic carbocycles. The molecule has 0 spiro atoms. The first-order valence-corrected chi connectivity index (χ1v) is 12.9. The number of amides is 1. The molecule has 0 unspecified atom stereocenters. The summed E-state index contributed by atoms with van der Waals surface area (Å²) in [7, 11) is 0. The Bertz CT molecular complexity index is 1220. The van der Waals surface area contributed by atoms with E-state index in [0.717, 1.165) is 64.5 Å². The number of carbonyl (C=O) groups excluding carboxylic acids is 1. The second-order valence-electron chi connectivity index (χ2n) is 7.45. The highest BCUT2D eigenvalue weighted by Crippen LogP contribution is 2.42. The summed E-state index contributed by atoms with van der Waals surface area (Å²) >= 11 is 5.05. The van der Waals surface area contributed by atoms with Crippen molar-refractivity contribution in [3.05, 3.63) is 53.0 Å². The molecule has 0 atom stereocenters. The number of nitrogens with one attached hydrogen (secondary N) is 1. The molecule has 9 heteroatoms. The summed E-state index contributed by atoms with van der Waals surface area (Å²) in [4.78, 5) is 26.9. The van der Waals surface area contributed by atoms with E-state index in [4.69, 9.17) is 14.7 Å². The first kappa shape index (κ1) is 21.5. The van der Waals surface area contributed by atoms with Crippen LogP contribution in [-0.4, -0.2) is 47.1 Å². The predicted octanol–water partition coefficient (Wildman–Crippen LogP) is 5.36. The monoisotopic (exact) mass is 482 g/mol. The largest absolute Gasteiger partial charge is 0.379 e. The molecule has 0 radical (unpaired) electrons. The van der Waals surface area contributed by atoms with Crippen LogP contribution in [0.4, 0.5) is 5.69 Å². The van der Waals surface area contributed by atoms with Crippen molar-refractivity contribution in [3.63, 3.8) is 0 Å². The van der Waals surface area contributed by atoms with Crippen molar-refractivity contribution >= 4 is 56.2 Å². The highest BCUT2D eigenvalue weighted by molar-refractivity contribution is 7.99. The summed E-state index contributed by atoms with van der Waals surface area (Å²) in [6.07, 6.45) is 0. The third kappa shape index (κ3) is 4.87. The van der Waals surface area contributed by atoms with Crippen LogP contribution in [0.25, 0.3) is 20.7 Å². The quantitative estimate of drug-likeness (QED) is 0.373. The zero-order valence-corrected chi connectivity index (χ0v) is 20.0. The van der Waals surface area contributed by atoms with Crippen molar-refractivity contribution in [1.82, 2.24) is 14.9 Å². The minimum Gasteiger partial charge on any atom is -0.379 e. The van der Waals surface area contributed by atoms with E-state index < -0.39 is 0 Å². The summed E-state index contributed by atoms with van der Waals surface area (Å²) in [5.41, 5.74) is 1.98. The van der Waals surface area contributed by atoms with E-state index >= 15 is 0 Å². The van der Waals surface area contributed by atoms with Gasteiger partial charge < -0.3 is 10.1 Å². The van der Waals surface area contributed by atoms with E-state index in [1.807, 2.05) is 24.3 Å². The van der Waals surface area contributed by atoms with E-state index in [9.17, 15) is 4.79 Å². The Morgan fingerprint density at radius 2 is 1.97 bits per heavy atom. The number of rotatable bonds is 6. The molecule has 1 saturated heterocycles. The van der Waals surface area contributed by atoms with Gasteiger partial charge in [-0.25, -0.2) is 9.97 Å². The molecule has 6 nitrogen and oxygen atoms in total. The number of hydrogen-bond donors (Lipinski definition) is 1. The van der Waals surface area contributed by atoms with Gasteiger partial charge in [0.2, 0.25) is 5.91 Å². The Morgan fingerprint density at radius 3 is 2.69 bits per heavy atom. The lowest BCUT2D eigenvalue weighted by Gasteiger charge is -2.25. The number of fused-ring (bicyclic) bond motifs is 1. The number of nitrogens with zero attached hydrogens (tertiary/aromatic N) is 3. The number of hydrogen-bond acceptors (Lipinski definition) is 8. The highest BCUT2D eigenvalue weighted by Gasteiger charge is 2.19. The molecule has 1 fully saturated rings. The summed E-state index contributed by atoms with van der Waals surface area (Å²) in [5, 5.41) is 9.18. The fraction of sp³-hybridized carbons (Fsp3) is 0.261. The Balaban J connectivity index is 1.51. The van der Waals surface area contributed by atoms with Gasteiger partial charge in [-0.1, -0.05) is 17.8 Å². The molecule has 0 bridgehead atoms. The Kier molecular flexibility index (Phi) is 6.52. The topological polar surface area (TPSA) is 67.4 Å². The molecule has 1 amide bonds. The van der Waals surface area contributed by atoms with Crippen LogP contribution < -0.4 is 5.32 Å². The van der Waals surface area contributed by atoms with E-state index in [-0.39, 0.29) is 5.91 Å². The smallest absolute Gasteiger partial charge is 0.221 e. The molecule has 1 N–H and O–H groups in total. The third-order valence-electron chi connectivity index (χ3n) is 5.09.